The predicted octanol–water partition coefficient (Wildman–Crippen LogP) is 4.30. The lowest BCUT2D eigenvalue weighted by atomic mass is 9.83. The number of ether oxygens (including phenoxy) is 1. The van der Waals surface area contributed by atoms with Crippen LogP contribution in [0.5, 0.6) is 5.75 Å². The van der Waals surface area contributed by atoms with E-state index in [1.54, 1.807) is 37.9 Å². The predicted molar refractivity (Wildman–Crippen MR) is 120 cm³/mol. The van der Waals surface area contributed by atoms with Crippen LogP contribution in [0.15, 0.2) is 70.6 Å². The molecule has 2 aromatic carbocycles. The van der Waals surface area contributed by atoms with Gasteiger partial charge in [0.25, 0.3) is 0 Å². The molecule has 1 unspecified atom stereocenters. The third-order valence-electron chi connectivity index (χ3n) is 5.68. The zero-order chi connectivity index (χ0) is 22.9. The number of nitrogens with zero attached hydrogens (tertiary/aromatic N) is 2. The second-order valence-corrected chi connectivity index (χ2v) is 9.81. The standard InChI is InChI=1S/C24H26F2N2O3S/c1-24(2,30)21(16-6-4-3-5-7-16)22(29)27-12-17-14-28(15-18(17)13-27)32-20-10-8-19(9-11-20)31-23(25)26/h3-11,21,23,30H,12-15H2,1-2H3. The number of rotatable bonds is 7. The Hall–Kier alpha value is -2.42. The molecular weight excluding hydrogens is 434 g/mol. The van der Waals surface area contributed by atoms with Gasteiger partial charge in [-0.05, 0) is 66.8 Å². The molecule has 5 nitrogen and oxygen atoms in total. The van der Waals surface area contributed by atoms with E-state index in [0.29, 0.717) is 13.1 Å². The average molecular weight is 461 g/mol. The van der Waals surface area contributed by atoms with E-state index in [1.165, 1.54) is 23.3 Å². The van der Waals surface area contributed by atoms with Gasteiger partial charge in [0.2, 0.25) is 5.91 Å². The molecule has 0 fully saturated rings. The quantitative estimate of drug-likeness (QED) is 0.493. The molecule has 0 saturated carbocycles. The fraction of sp³-hybridized carbons (Fsp3) is 0.375. The molecule has 32 heavy (non-hydrogen) atoms. The van der Waals surface area contributed by atoms with Gasteiger partial charge in [-0.15, -0.1) is 0 Å². The molecule has 2 aliphatic heterocycles. The van der Waals surface area contributed by atoms with Crippen LogP contribution in [-0.4, -0.2) is 58.6 Å². The molecule has 170 valence electrons. The summed E-state index contributed by atoms with van der Waals surface area (Å²) in [5.74, 6) is -0.546. The van der Waals surface area contributed by atoms with Gasteiger partial charge in [0, 0.05) is 31.1 Å². The van der Waals surface area contributed by atoms with Crippen molar-refractivity contribution in [3.8, 4) is 5.75 Å². The summed E-state index contributed by atoms with van der Waals surface area (Å²) < 4.78 is 31.2. The van der Waals surface area contributed by atoms with Crippen molar-refractivity contribution in [2.75, 3.05) is 26.2 Å². The summed E-state index contributed by atoms with van der Waals surface area (Å²) in [6.07, 6.45) is 0. The molecule has 8 heteroatoms. The summed E-state index contributed by atoms with van der Waals surface area (Å²) in [7, 11) is 0. The van der Waals surface area contributed by atoms with Gasteiger partial charge in [-0.2, -0.15) is 8.78 Å². The molecule has 0 bridgehead atoms. The first-order valence-electron chi connectivity index (χ1n) is 10.4. The van der Waals surface area contributed by atoms with Crippen LogP contribution in [0.1, 0.15) is 25.3 Å². The van der Waals surface area contributed by atoms with Gasteiger partial charge in [-0.3, -0.25) is 4.79 Å². The number of benzene rings is 2. The lowest BCUT2D eigenvalue weighted by Crippen LogP contribution is -2.44. The highest BCUT2D eigenvalue weighted by atomic mass is 32.2. The van der Waals surface area contributed by atoms with E-state index in [4.69, 9.17) is 0 Å². The normalized spacial score (nSPS) is 17.8. The molecule has 0 aliphatic carbocycles. The van der Waals surface area contributed by atoms with E-state index >= 15 is 0 Å². The number of halogens is 2. The first-order chi connectivity index (χ1) is 15.2. The maximum atomic E-state index is 13.4. The lowest BCUT2D eigenvalue weighted by molar-refractivity contribution is -0.137. The molecule has 4 rings (SSSR count). The van der Waals surface area contributed by atoms with Crippen LogP contribution in [0.2, 0.25) is 0 Å². The number of carbonyl (C=O) groups is 1. The number of aliphatic hydroxyl groups is 1. The molecule has 0 saturated heterocycles. The summed E-state index contributed by atoms with van der Waals surface area (Å²) >= 11 is 1.56. The van der Waals surface area contributed by atoms with Gasteiger partial charge < -0.3 is 14.7 Å². The van der Waals surface area contributed by atoms with E-state index in [2.05, 4.69) is 9.04 Å². The number of amides is 1. The largest absolute Gasteiger partial charge is 0.435 e. The Morgan fingerprint density at radius 3 is 2.12 bits per heavy atom. The topological polar surface area (TPSA) is 53.0 Å². The van der Waals surface area contributed by atoms with Crippen molar-refractivity contribution in [1.82, 2.24) is 9.21 Å². The number of alkyl halides is 2. The maximum absolute atomic E-state index is 13.4. The highest BCUT2D eigenvalue weighted by molar-refractivity contribution is 7.97. The molecule has 2 aromatic rings. The van der Waals surface area contributed by atoms with Crippen LogP contribution in [-0.2, 0) is 4.79 Å². The van der Waals surface area contributed by atoms with Gasteiger partial charge >= 0.3 is 6.61 Å². The minimum absolute atomic E-state index is 0.0630. The fourth-order valence-electron chi connectivity index (χ4n) is 4.28. The third kappa shape index (κ3) is 5.14. The van der Waals surface area contributed by atoms with Gasteiger partial charge in [0.1, 0.15) is 5.75 Å². The van der Waals surface area contributed by atoms with E-state index in [1.807, 2.05) is 35.2 Å². The first kappa shape index (κ1) is 22.8. The molecule has 1 N–H and O–H groups in total. The van der Waals surface area contributed by atoms with Gasteiger partial charge in [-0.1, -0.05) is 30.3 Å². The monoisotopic (exact) mass is 460 g/mol. The van der Waals surface area contributed by atoms with Crippen molar-refractivity contribution < 1.29 is 23.4 Å². The van der Waals surface area contributed by atoms with Crippen LogP contribution >= 0.6 is 11.9 Å². The minimum Gasteiger partial charge on any atom is -0.435 e. The molecule has 2 heterocycles. The first-order valence-corrected chi connectivity index (χ1v) is 11.2. The highest BCUT2D eigenvalue weighted by Crippen LogP contribution is 2.36. The molecule has 1 amide bonds. The Morgan fingerprint density at radius 1 is 1.00 bits per heavy atom. The number of hydrogen-bond acceptors (Lipinski definition) is 5. The number of carbonyl (C=O) groups excluding carboxylic acids is 1. The Bertz CT molecular complexity index is 973. The summed E-state index contributed by atoms with van der Waals surface area (Å²) in [6.45, 7) is 3.11. The summed E-state index contributed by atoms with van der Waals surface area (Å²) in [5, 5.41) is 10.7. The SMILES string of the molecule is CC(C)(O)C(C(=O)N1CC2=C(CN(Sc3ccc(OC(F)F)cc3)C2)C1)c1ccccc1. The molecular formula is C24H26F2N2O3S. The van der Waals surface area contributed by atoms with E-state index in [9.17, 15) is 18.7 Å². The van der Waals surface area contributed by atoms with Crippen LogP contribution in [0, 0.1) is 0 Å². The third-order valence-corrected chi connectivity index (χ3v) is 6.68. The van der Waals surface area contributed by atoms with Crippen molar-refractivity contribution in [3.63, 3.8) is 0 Å². The molecule has 0 spiro atoms. The second-order valence-electron chi connectivity index (χ2n) is 8.64. The van der Waals surface area contributed by atoms with Crippen molar-refractivity contribution in [2.24, 2.45) is 0 Å². The Balaban J connectivity index is 1.36. The van der Waals surface area contributed by atoms with Crippen molar-refractivity contribution >= 4 is 17.9 Å². The zero-order valence-electron chi connectivity index (χ0n) is 18.0. The van der Waals surface area contributed by atoms with Crippen LogP contribution < -0.4 is 4.74 Å². The summed E-state index contributed by atoms with van der Waals surface area (Å²) in [4.78, 5) is 16.1. The molecule has 0 radical (unpaired) electrons. The minimum atomic E-state index is -2.83. The Kier molecular flexibility index (Phi) is 6.55. The van der Waals surface area contributed by atoms with E-state index in [-0.39, 0.29) is 11.7 Å². The summed E-state index contributed by atoms with van der Waals surface area (Å²) in [5.41, 5.74) is 2.10. The van der Waals surface area contributed by atoms with Crippen LogP contribution in [0.3, 0.4) is 0 Å². The lowest BCUT2D eigenvalue weighted by Gasteiger charge is -2.33. The maximum Gasteiger partial charge on any atom is 0.387 e. The van der Waals surface area contributed by atoms with E-state index < -0.39 is 18.1 Å². The number of hydrogen-bond donors (Lipinski definition) is 1. The smallest absolute Gasteiger partial charge is 0.387 e. The highest BCUT2D eigenvalue weighted by Gasteiger charge is 2.41. The van der Waals surface area contributed by atoms with Crippen molar-refractivity contribution in [2.45, 2.75) is 36.9 Å². The zero-order valence-corrected chi connectivity index (χ0v) is 18.8. The second kappa shape index (κ2) is 9.21. The molecule has 2 aliphatic rings. The van der Waals surface area contributed by atoms with Gasteiger partial charge in [0.15, 0.2) is 0 Å². The molecule has 1 atom stereocenters. The van der Waals surface area contributed by atoms with Crippen molar-refractivity contribution in [1.29, 1.82) is 0 Å². The fourth-order valence-corrected chi connectivity index (χ4v) is 5.27. The van der Waals surface area contributed by atoms with Crippen LogP contribution in [0.25, 0.3) is 0 Å². The Morgan fingerprint density at radius 2 is 1.59 bits per heavy atom. The molecule has 0 aromatic heterocycles. The van der Waals surface area contributed by atoms with Gasteiger partial charge in [-0.25, -0.2) is 4.31 Å². The van der Waals surface area contributed by atoms with E-state index in [0.717, 1.165) is 23.5 Å². The summed E-state index contributed by atoms with van der Waals surface area (Å²) in [6, 6.07) is 16.0. The van der Waals surface area contributed by atoms with Gasteiger partial charge in [0.05, 0.1) is 11.5 Å². The van der Waals surface area contributed by atoms with Crippen LogP contribution in [0.4, 0.5) is 8.78 Å². The van der Waals surface area contributed by atoms with Crippen molar-refractivity contribution in [3.05, 3.63) is 71.3 Å². The Labute approximate surface area is 190 Å². The average Bonchev–Trinajstić information content (AvgIpc) is 3.27.